The van der Waals surface area contributed by atoms with Crippen LogP contribution in [0, 0.1) is 0 Å². The fraction of sp³-hybridized carbons (Fsp3) is 0.857. The van der Waals surface area contributed by atoms with Gasteiger partial charge in [-0.3, -0.25) is 0 Å². The number of carbonyl (C=O) groups is 1. The summed E-state index contributed by atoms with van der Waals surface area (Å²) in [6.07, 6.45) is 0. The van der Waals surface area contributed by atoms with Crippen molar-refractivity contribution in [3.8, 4) is 0 Å². The Labute approximate surface area is 84.7 Å². The van der Waals surface area contributed by atoms with E-state index < -0.39 is 0 Å². The molecule has 1 N–H and O–H groups in total. The van der Waals surface area contributed by atoms with Crippen LogP contribution in [0.15, 0.2) is 0 Å². The van der Waals surface area contributed by atoms with Crippen molar-refractivity contribution in [2.75, 3.05) is 6.54 Å². The van der Waals surface area contributed by atoms with Gasteiger partial charge in [-0.2, -0.15) is 25.3 Å². The van der Waals surface area contributed by atoms with Crippen molar-refractivity contribution in [3.05, 3.63) is 0 Å². The zero-order valence-corrected chi connectivity index (χ0v) is 9.40. The van der Waals surface area contributed by atoms with Crippen LogP contribution in [0.3, 0.4) is 0 Å². The van der Waals surface area contributed by atoms with Crippen molar-refractivity contribution in [3.63, 3.8) is 0 Å². The second kappa shape index (κ2) is 5.59. The van der Waals surface area contributed by atoms with Gasteiger partial charge in [0.2, 0.25) is 0 Å². The first-order chi connectivity index (χ1) is 5.49. The maximum Gasteiger partial charge on any atom is 0.319 e. The smallest absolute Gasteiger partial charge is 0.319 e. The third kappa shape index (κ3) is 4.11. The Balaban J connectivity index is 4.04. The van der Waals surface area contributed by atoms with Crippen molar-refractivity contribution in [1.29, 1.82) is 0 Å². The van der Waals surface area contributed by atoms with E-state index in [2.05, 4.69) is 30.6 Å². The van der Waals surface area contributed by atoms with E-state index >= 15 is 0 Å². The molecule has 0 fully saturated rings. The van der Waals surface area contributed by atoms with E-state index in [-0.39, 0.29) is 16.8 Å². The summed E-state index contributed by atoms with van der Waals surface area (Å²) in [6, 6.07) is -0.123. The summed E-state index contributed by atoms with van der Waals surface area (Å²) in [4.78, 5) is 13.0. The van der Waals surface area contributed by atoms with Gasteiger partial charge in [0.15, 0.2) is 0 Å². The number of amides is 2. The van der Waals surface area contributed by atoms with Gasteiger partial charge in [0, 0.05) is 6.54 Å². The van der Waals surface area contributed by atoms with Crippen molar-refractivity contribution < 1.29 is 4.79 Å². The molecule has 0 heterocycles. The lowest BCUT2D eigenvalue weighted by atomic mass is 10.5. The molecule has 5 heteroatoms. The molecule has 0 aliphatic carbocycles. The highest BCUT2D eigenvalue weighted by Gasteiger charge is 2.15. The Bertz CT molecular complexity index is 150. The minimum absolute atomic E-state index is 0.0675. The molecule has 0 aromatic heterocycles. The van der Waals surface area contributed by atoms with E-state index in [1.54, 1.807) is 11.8 Å². The molecule has 0 saturated carbocycles. The van der Waals surface area contributed by atoms with Gasteiger partial charge in [-0.05, 0) is 20.8 Å². The first kappa shape index (κ1) is 12.0. The third-order valence-corrected chi connectivity index (χ3v) is 1.79. The van der Waals surface area contributed by atoms with Crippen LogP contribution in [0.5, 0.6) is 0 Å². The van der Waals surface area contributed by atoms with E-state index in [0.29, 0.717) is 6.54 Å². The summed E-state index contributed by atoms with van der Waals surface area (Å²) in [6.45, 7) is 6.22. The van der Waals surface area contributed by atoms with Crippen molar-refractivity contribution in [2.45, 2.75) is 31.5 Å². The van der Waals surface area contributed by atoms with E-state index in [1.165, 1.54) is 0 Å². The summed E-state index contributed by atoms with van der Waals surface area (Å²) in [5, 5.41) is 2.48. The summed E-state index contributed by atoms with van der Waals surface area (Å²) in [5.74, 6) is 0. The fourth-order valence-corrected chi connectivity index (χ4v) is 1.22. The van der Waals surface area contributed by atoms with Crippen LogP contribution < -0.4 is 5.32 Å². The highest BCUT2D eigenvalue weighted by Crippen LogP contribution is 2.03. The van der Waals surface area contributed by atoms with Crippen LogP contribution in [0.4, 0.5) is 4.79 Å². The molecule has 0 spiro atoms. The molecule has 2 unspecified atom stereocenters. The fourth-order valence-electron chi connectivity index (χ4n) is 0.839. The predicted molar refractivity (Wildman–Crippen MR) is 57.8 cm³/mol. The number of hydrogen-bond acceptors (Lipinski definition) is 3. The van der Waals surface area contributed by atoms with E-state index in [1.807, 2.05) is 13.8 Å². The van der Waals surface area contributed by atoms with E-state index in [4.69, 9.17) is 0 Å². The SMILES string of the molecule is CCN(C(=O)NC(C)S)C(C)S. The molecule has 0 rings (SSSR count). The molecule has 0 bridgehead atoms. The molecule has 0 aliphatic rings. The van der Waals surface area contributed by atoms with Gasteiger partial charge in [0.25, 0.3) is 0 Å². The highest BCUT2D eigenvalue weighted by atomic mass is 32.1. The lowest BCUT2D eigenvalue weighted by Crippen LogP contribution is -2.44. The first-order valence-corrected chi connectivity index (χ1v) is 4.95. The number of nitrogens with one attached hydrogen (secondary N) is 1. The molecule has 12 heavy (non-hydrogen) atoms. The van der Waals surface area contributed by atoms with Gasteiger partial charge >= 0.3 is 6.03 Å². The molecule has 0 aliphatic heterocycles. The average Bonchev–Trinajstić information content (AvgIpc) is 1.85. The quantitative estimate of drug-likeness (QED) is 0.477. The van der Waals surface area contributed by atoms with Crippen molar-refractivity contribution >= 4 is 31.3 Å². The lowest BCUT2D eigenvalue weighted by molar-refractivity contribution is 0.199. The number of carbonyl (C=O) groups excluding carboxylic acids is 1. The number of nitrogens with zero attached hydrogens (tertiary/aromatic N) is 1. The minimum atomic E-state index is -0.126. The summed E-state index contributed by atoms with van der Waals surface area (Å²) < 4.78 is 0. The number of thiol groups is 2. The van der Waals surface area contributed by atoms with Gasteiger partial charge in [-0.1, -0.05) is 0 Å². The minimum Gasteiger partial charge on any atom is -0.327 e. The zero-order valence-electron chi connectivity index (χ0n) is 7.61. The molecule has 3 nitrogen and oxygen atoms in total. The van der Waals surface area contributed by atoms with Crippen LogP contribution in [0.1, 0.15) is 20.8 Å². The monoisotopic (exact) mass is 208 g/mol. The molecule has 0 aromatic rings. The largest absolute Gasteiger partial charge is 0.327 e. The number of hydrogen-bond donors (Lipinski definition) is 3. The number of rotatable bonds is 3. The number of urea groups is 1. The maximum absolute atomic E-state index is 11.3. The second-order valence-electron chi connectivity index (χ2n) is 2.54. The van der Waals surface area contributed by atoms with E-state index in [0.717, 1.165) is 0 Å². The average molecular weight is 208 g/mol. The standard InChI is InChI=1S/C7H16N2OS2/c1-4-9(6(3)12)7(10)8-5(2)11/h5-6,11-12H,4H2,1-3H3,(H,8,10). The topological polar surface area (TPSA) is 32.3 Å². The molecule has 0 aromatic carbocycles. The van der Waals surface area contributed by atoms with Crippen LogP contribution in [-0.4, -0.2) is 28.2 Å². The molecule has 72 valence electrons. The zero-order chi connectivity index (χ0) is 9.72. The summed E-state index contributed by atoms with van der Waals surface area (Å²) in [7, 11) is 0. The predicted octanol–water partition coefficient (Wildman–Crippen LogP) is 1.57. The Morgan fingerprint density at radius 3 is 2.25 bits per heavy atom. The molecule has 2 atom stereocenters. The van der Waals surface area contributed by atoms with Gasteiger partial charge in [0.05, 0.1) is 10.7 Å². The Morgan fingerprint density at radius 1 is 1.50 bits per heavy atom. The molecular weight excluding hydrogens is 192 g/mol. The van der Waals surface area contributed by atoms with Gasteiger partial charge in [0.1, 0.15) is 0 Å². The Morgan fingerprint density at radius 2 is 2.00 bits per heavy atom. The maximum atomic E-state index is 11.3. The third-order valence-electron chi connectivity index (χ3n) is 1.38. The molecular formula is C7H16N2OS2. The van der Waals surface area contributed by atoms with E-state index in [9.17, 15) is 4.79 Å². The second-order valence-corrected chi connectivity index (χ2v) is 4.07. The van der Waals surface area contributed by atoms with Crippen LogP contribution in [-0.2, 0) is 0 Å². The highest BCUT2D eigenvalue weighted by molar-refractivity contribution is 7.81. The van der Waals surface area contributed by atoms with Crippen LogP contribution >= 0.6 is 25.3 Å². The Hall–Kier alpha value is -0.0300. The van der Waals surface area contributed by atoms with Gasteiger partial charge in [-0.15, -0.1) is 0 Å². The van der Waals surface area contributed by atoms with Crippen LogP contribution in [0.2, 0.25) is 0 Å². The summed E-state index contributed by atoms with van der Waals surface area (Å²) in [5.41, 5.74) is 0. The van der Waals surface area contributed by atoms with Gasteiger partial charge in [-0.25, -0.2) is 4.79 Å². The van der Waals surface area contributed by atoms with Crippen molar-refractivity contribution in [1.82, 2.24) is 10.2 Å². The molecule has 0 saturated heterocycles. The lowest BCUT2D eigenvalue weighted by Gasteiger charge is -2.25. The first-order valence-electron chi connectivity index (χ1n) is 3.92. The molecule has 0 radical (unpaired) electrons. The molecule has 2 amide bonds. The van der Waals surface area contributed by atoms with Crippen molar-refractivity contribution in [2.24, 2.45) is 0 Å². The Kier molecular flexibility index (Phi) is 5.57. The normalized spacial score (nSPS) is 15.1. The van der Waals surface area contributed by atoms with Gasteiger partial charge < -0.3 is 10.2 Å². The van der Waals surface area contributed by atoms with Crippen LogP contribution in [0.25, 0.3) is 0 Å². The summed E-state index contributed by atoms with van der Waals surface area (Å²) >= 11 is 8.23.